The van der Waals surface area contributed by atoms with Gasteiger partial charge in [0.1, 0.15) is 11.5 Å². The highest BCUT2D eigenvalue weighted by molar-refractivity contribution is 5.92. The summed E-state index contributed by atoms with van der Waals surface area (Å²) in [5, 5.41) is 24.2. The van der Waals surface area contributed by atoms with Gasteiger partial charge in [-0.1, -0.05) is 0 Å². The Morgan fingerprint density at radius 3 is 2.59 bits per heavy atom. The lowest BCUT2D eigenvalue weighted by Crippen LogP contribution is -2.21. The average Bonchev–Trinajstić information content (AvgIpc) is 3.32. The quantitative estimate of drug-likeness (QED) is 0.334. The third-order valence-electron chi connectivity index (χ3n) is 5.65. The summed E-state index contributed by atoms with van der Waals surface area (Å²) in [6.45, 7) is 1.34. The molecule has 3 aromatic rings. The lowest BCUT2D eigenvalue weighted by molar-refractivity contribution is -0.387. The number of rotatable bonds is 8. The van der Waals surface area contributed by atoms with Gasteiger partial charge < -0.3 is 33.8 Å². The highest BCUT2D eigenvalue weighted by atomic mass is 19.1. The van der Waals surface area contributed by atoms with Gasteiger partial charge >= 0.3 is 11.3 Å². The van der Waals surface area contributed by atoms with Crippen LogP contribution in [0.1, 0.15) is 29.2 Å². The molecule has 12 nitrogen and oxygen atoms in total. The van der Waals surface area contributed by atoms with Crippen molar-refractivity contribution in [2.24, 2.45) is 0 Å². The molecule has 0 radical (unpaired) electrons. The van der Waals surface area contributed by atoms with Gasteiger partial charge in [0.2, 0.25) is 30.0 Å². The molecule has 0 saturated heterocycles. The molecule has 0 aliphatic carbocycles. The van der Waals surface area contributed by atoms with Crippen molar-refractivity contribution in [3.05, 3.63) is 73.6 Å². The van der Waals surface area contributed by atoms with Crippen LogP contribution in [0.5, 0.6) is 28.7 Å². The van der Waals surface area contributed by atoms with Crippen LogP contribution in [0, 0.1) is 22.9 Å². The minimum atomic E-state index is -1.16. The Balaban J connectivity index is 1.82. The van der Waals surface area contributed by atoms with Crippen LogP contribution in [0.3, 0.4) is 0 Å². The fraction of sp³-hybridized carbons (Fsp3) is 0.250. The molecular formula is C24H21FN2O10. The van der Waals surface area contributed by atoms with E-state index >= 15 is 0 Å². The maximum atomic E-state index is 13.7. The van der Waals surface area contributed by atoms with Crippen molar-refractivity contribution >= 4 is 17.3 Å². The Hall–Kier alpha value is -4.81. The summed E-state index contributed by atoms with van der Waals surface area (Å²) in [6.07, 6.45) is -0.467. The zero-order valence-corrected chi connectivity index (χ0v) is 19.8. The summed E-state index contributed by atoms with van der Waals surface area (Å²) < 4.78 is 40.8. The number of aromatic hydroxyl groups is 1. The number of nitro benzene ring substituents is 1. The first-order valence-electron chi connectivity index (χ1n) is 10.8. The molecule has 1 atom stereocenters. The van der Waals surface area contributed by atoms with Crippen molar-refractivity contribution in [1.82, 2.24) is 0 Å². The van der Waals surface area contributed by atoms with Gasteiger partial charge in [-0.05, 0) is 25.1 Å². The Bertz CT molecular complexity index is 1450. The number of aryl methyl sites for hydroxylation is 1. The van der Waals surface area contributed by atoms with E-state index < -0.39 is 46.0 Å². The van der Waals surface area contributed by atoms with Crippen LogP contribution in [-0.4, -0.2) is 36.9 Å². The van der Waals surface area contributed by atoms with E-state index in [1.54, 1.807) is 0 Å². The van der Waals surface area contributed by atoms with E-state index in [0.717, 1.165) is 18.2 Å². The summed E-state index contributed by atoms with van der Waals surface area (Å²) in [5.74, 6) is -2.46. The van der Waals surface area contributed by atoms with Crippen LogP contribution in [0.25, 0.3) is 0 Å². The second-order valence-electron chi connectivity index (χ2n) is 7.94. The number of nitro groups is 1. The third kappa shape index (κ3) is 4.83. The summed E-state index contributed by atoms with van der Waals surface area (Å²) >= 11 is 0. The topological polar surface area (TPSA) is 160 Å². The maximum Gasteiger partial charge on any atom is 0.343 e. The Kier molecular flexibility index (Phi) is 6.87. The van der Waals surface area contributed by atoms with E-state index in [1.807, 2.05) is 0 Å². The molecule has 2 N–H and O–H groups in total. The second kappa shape index (κ2) is 10.0. The number of halogens is 1. The van der Waals surface area contributed by atoms with Crippen LogP contribution in [0.15, 0.2) is 39.5 Å². The van der Waals surface area contributed by atoms with Crippen LogP contribution < -0.4 is 29.9 Å². The Labute approximate surface area is 208 Å². The lowest BCUT2D eigenvalue weighted by Gasteiger charge is -2.22. The molecule has 2 heterocycles. The number of hydrogen-bond acceptors (Lipinski definition) is 10. The summed E-state index contributed by atoms with van der Waals surface area (Å²) in [7, 11) is 2.73. The molecule has 1 unspecified atom stereocenters. The van der Waals surface area contributed by atoms with Crippen molar-refractivity contribution in [1.29, 1.82) is 0 Å². The van der Waals surface area contributed by atoms with Gasteiger partial charge in [0.05, 0.1) is 24.7 Å². The highest BCUT2D eigenvalue weighted by Crippen LogP contribution is 2.52. The fourth-order valence-electron chi connectivity index (χ4n) is 4.08. The minimum absolute atomic E-state index is 0.0488. The molecule has 0 saturated carbocycles. The number of carbonyl (C=O) groups excluding carboxylic acids is 1. The van der Waals surface area contributed by atoms with Crippen molar-refractivity contribution in [2.45, 2.75) is 19.3 Å². The number of fused-ring (bicyclic) bond motifs is 1. The van der Waals surface area contributed by atoms with Gasteiger partial charge in [-0.25, -0.2) is 4.79 Å². The van der Waals surface area contributed by atoms with Crippen molar-refractivity contribution in [2.75, 3.05) is 26.3 Å². The Morgan fingerprint density at radius 2 is 1.95 bits per heavy atom. The molecule has 37 heavy (non-hydrogen) atoms. The van der Waals surface area contributed by atoms with E-state index in [9.17, 15) is 29.2 Å². The van der Waals surface area contributed by atoms with Crippen LogP contribution in [-0.2, 0) is 4.79 Å². The van der Waals surface area contributed by atoms with Gasteiger partial charge in [-0.2, -0.15) is 4.39 Å². The van der Waals surface area contributed by atoms with Gasteiger partial charge in [-0.3, -0.25) is 14.9 Å². The van der Waals surface area contributed by atoms with Crippen LogP contribution in [0.2, 0.25) is 0 Å². The average molecular weight is 516 g/mol. The second-order valence-corrected chi connectivity index (χ2v) is 7.94. The number of methoxy groups -OCH3 is 2. The predicted octanol–water partition coefficient (Wildman–Crippen LogP) is 3.61. The SMILES string of the molecule is COc1cc(C(CC(=O)Nc2ccc(F)c([N+](=O)[O-])c2)c2c(O)cc(C)oc2=O)c(OC)c2c1OCO2. The number of benzene rings is 2. The number of nitrogens with zero attached hydrogens (tertiary/aromatic N) is 1. The first kappa shape index (κ1) is 25.3. The molecule has 1 aromatic heterocycles. The van der Waals surface area contributed by atoms with E-state index in [4.69, 9.17) is 23.4 Å². The van der Waals surface area contributed by atoms with Crippen LogP contribution >= 0.6 is 0 Å². The minimum Gasteiger partial charge on any atom is -0.507 e. The van der Waals surface area contributed by atoms with E-state index in [-0.39, 0.29) is 52.4 Å². The predicted molar refractivity (Wildman–Crippen MR) is 125 cm³/mol. The summed E-state index contributed by atoms with van der Waals surface area (Å²) in [6, 6.07) is 5.56. The number of ether oxygens (including phenoxy) is 4. The molecule has 0 spiro atoms. The van der Waals surface area contributed by atoms with Crippen molar-refractivity contribution in [3.8, 4) is 28.7 Å². The van der Waals surface area contributed by atoms with Crippen molar-refractivity contribution in [3.63, 3.8) is 0 Å². The Morgan fingerprint density at radius 1 is 1.22 bits per heavy atom. The van der Waals surface area contributed by atoms with E-state index in [0.29, 0.717) is 0 Å². The fourth-order valence-corrected chi connectivity index (χ4v) is 4.08. The molecule has 0 fully saturated rings. The molecule has 1 amide bonds. The molecule has 13 heteroatoms. The number of carbonyl (C=O) groups is 1. The zero-order valence-electron chi connectivity index (χ0n) is 19.8. The normalized spacial score (nSPS) is 12.6. The molecule has 1 aliphatic rings. The molecular weight excluding hydrogens is 495 g/mol. The highest BCUT2D eigenvalue weighted by Gasteiger charge is 2.34. The first-order valence-corrected chi connectivity index (χ1v) is 10.8. The number of amides is 1. The molecule has 4 rings (SSSR count). The van der Waals surface area contributed by atoms with Crippen LogP contribution in [0.4, 0.5) is 15.8 Å². The molecule has 194 valence electrons. The summed E-state index contributed by atoms with van der Waals surface area (Å²) in [4.78, 5) is 36.1. The summed E-state index contributed by atoms with van der Waals surface area (Å²) in [5.41, 5.74) is -1.78. The third-order valence-corrected chi connectivity index (χ3v) is 5.65. The van der Waals surface area contributed by atoms with Gasteiger partial charge in [0.15, 0.2) is 11.5 Å². The number of hydrogen-bond donors (Lipinski definition) is 2. The lowest BCUT2D eigenvalue weighted by atomic mass is 9.87. The molecule has 2 aromatic carbocycles. The van der Waals surface area contributed by atoms with Gasteiger partial charge in [-0.15, -0.1) is 0 Å². The van der Waals surface area contributed by atoms with Gasteiger partial charge in [0, 0.05) is 35.7 Å². The monoisotopic (exact) mass is 516 g/mol. The number of nitrogens with one attached hydrogen (secondary N) is 1. The van der Waals surface area contributed by atoms with Gasteiger partial charge in [0.25, 0.3) is 0 Å². The van der Waals surface area contributed by atoms with E-state index in [1.165, 1.54) is 33.3 Å². The largest absolute Gasteiger partial charge is 0.507 e. The number of anilines is 1. The first-order chi connectivity index (χ1) is 17.6. The van der Waals surface area contributed by atoms with E-state index in [2.05, 4.69) is 5.32 Å². The standard InChI is InChI=1S/C24H21FN2O10/c1-11-6-17(28)20(24(30)37-11)13(9-19(29)26-12-4-5-15(25)16(7-12)27(31)32)14-8-18(33-2)22-23(21(14)34-3)36-10-35-22/h4-8,13,28H,9-10H2,1-3H3,(H,26,29). The zero-order chi connectivity index (χ0) is 26.9. The smallest absolute Gasteiger partial charge is 0.343 e. The van der Waals surface area contributed by atoms with Crippen molar-refractivity contribution < 1.29 is 42.6 Å². The molecule has 1 aliphatic heterocycles. The maximum absolute atomic E-state index is 13.7. The molecule has 0 bridgehead atoms.